The third kappa shape index (κ3) is 2.19. The van der Waals surface area contributed by atoms with E-state index in [0.717, 1.165) is 11.8 Å². The fraction of sp³-hybridized carbons (Fsp3) is 1.00. The van der Waals surface area contributed by atoms with Gasteiger partial charge in [0.2, 0.25) is 0 Å². The van der Waals surface area contributed by atoms with Crippen molar-refractivity contribution in [3.63, 3.8) is 0 Å². The molecule has 0 heterocycles. The van der Waals surface area contributed by atoms with Gasteiger partial charge in [-0.25, -0.2) is 0 Å². The van der Waals surface area contributed by atoms with Crippen LogP contribution in [0.15, 0.2) is 0 Å². The van der Waals surface area contributed by atoms with Gasteiger partial charge < -0.3 is 5.73 Å². The van der Waals surface area contributed by atoms with Crippen LogP contribution in [0.4, 0.5) is 0 Å². The average Bonchev–Trinajstić information content (AvgIpc) is 2.05. The van der Waals surface area contributed by atoms with E-state index in [4.69, 9.17) is 5.73 Å². The minimum atomic E-state index is 0.503. The molecule has 0 aromatic carbocycles. The van der Waals surface area contributed by atoms with Crippen molar-refractivity contribution in [2.45, 2.75) is 52.0 Å². The molecule has 2 N–H and O–H groups in total. The van der Waals surface area contributed by atoms with Crippen LogP contribution in [0.2, 0.25) is 0 Å². The van der Waals surface area contributed by atoms with E-state index in [1.807, 2.05) is 0 Å². The minimum absolute atomic E-state index is 0.503. The van der Waals surface area contributed by atoms with Crippen molar-refractivity contribution in [2.24, 2.45) is 17.6 Å². The van der Waals surface area contributed by atoms with Crippen molar-refractivity contribution in [3.05, 3.63) is 0 Å². The smallest absolute Gasteiger partial charge is 0.00672 e. The Balaban J connectivity index is 2.37. The van der Waals surface area contributed by atoms with Crippen LogP contribution >= 0.6 is 0 Å². The Bertz CT molecular complexity index is 111. The molecular formula is C10H21N. The van der Waals surface area contributed by atoms with Crippen LogP contribution < -0.4 is 5.73 Å². The van der Waals surface area contributed by atoms with Crippen LogP contribution in [0.5, 0.6) is 0 Å². The molecule has 3 atom stereocenters. The van der Waals surface area contributed by atoms with E-state index in [2.05, 4.69) is 13.8 Å². The van der Waals surface area contributed by atoms with Crippen LogP contribution in [0.25, 0.3) is 0 Å². The zero-order chi connectivity index (χ0) is 8.27. The maximum absolute atomic E-state index is 6.01. The molecule has 0 bridgehead atoms. The standard InChI is InChI=1S/C10H21N/c1-3-8-5-6-10(11)9(4-2)7-8/h8-10H,3-7,11H2,1-2H3. The van der Waals surface area contributed by atoms with Gasteiger partial charge in [0.15, 0.2) is 0 Å². The van der Waals surface area contributed by atoms with Gasteiger partial charge in [-0.2, -0.15) is 0 Å². The van der Waals surface area contributed by atoms with Gasteiger partial charge in [-0.05, 0) is 31.1 Å². The molecule has 66 valence electrons. The lowest BCUT2D eigenvalue weighted by Crippen LogP contribution is -2.35. The normalized spacial score (nSPS) is 39.0. The zero-order valence-electron chi connectivity index (χ0n) is 7.84. The van der Waals surface area contributed by atoms with E-state index in [0.29, 0.717) is 6.04 Å². The summed E-state index contributed by atoms with van der Waals surface area (Å²) >= 11 is 0. The lowest BCUT2D eigenvalue weighted by Gasteiger charge is -2.33. The molecule has 1 nitrogen and oxygen atoms in total. The van der Waals surface area contributed by atoms with E-state index < -0.39 is 0 Å². The van der Waals surface area contributed by atoms with Gasteiger partial charge in [-0.1, -0.05) is 26.7 Å². The molecule has 0 amide bonds. The summed E-state index contributed by atoms with van der Waals surface area (Å²) in [5.74, 6) is 1.79. The third-order valence-corrected chi connectivity index (χ3v) is 3.25. The molecule has 0 aromatic heterocycles. The second kappa shape index (κ2) is 4.10. The zero-order valence-corrected chi connectivity index (χ0v) is 7.84. The third-order valence-electron chi connectivity index (χ3n) is 3.25. The van der Waals surface area contributed by atoms with Crippen molar-refractivity contribution in [1.29, 1.82) is 0 Å². The molecule has 1 heteroatoms. The first-order valence-corrected chi connectivity index (χ1v) is 5.03. The van der Waals surface area contributed by atoms with Gasteiger partial charge in [-0.15, -0.1) is 0 Å². The van der Waals surface area contributed by atoms with Gasteiger partial charge in [0.1, 0.15) is 0 Å². The first-order chi connectivity index (χ1) is 5.27. The molecule has 1 rings (SSSR count). The number of hydrogen-bond donors (Lipinski definition) is 1. The molecule has 11 heavy (non-hydrogen) atoms. The first-order valence-electron chi connectivity index (χ1n) is 5.03. The van der Waals surface area contributed by atoms with Crippen LogP contribution in [0, 0.1) is 11.8 Å². The van der Waals surface area contributed by atoms with E-state index >= 15 is 0 Å². The van der Waals surface area contributed by atoms with Gasteiger partial charge in [-0.3, -0.25) is 0 Å². The van der Waals surface area contributed by atoms with Crippen molar-refractivity contribution in [2.75, 3.05) is 0 Å². The predicted octanol–water partition coefficient (Wildman–Crippen LogP) is 2.55. The highest BCUT2D eigenvalue weighted by Gasteiger charge is 2.25. The average molecular weight is 155 g/mol. The van der Waals surface area contributed by atoms with Crippen molar-refractivity contribution in [3.8, 4) is 0 Å². The second-order valence-electron chi connectivity index (χ2n) is 3.92. The quantitative estimate of drug-likeness (QED) is 0.651. The molecule has 1 fully saturated rings. The molecule has 0 aliphatic heterocycles. The maximum atomic E-state index is 6.01. The molecule has 1 saturated carbocycles. The summed E-state index contributed by atoms with van der Waals surface area (Å²) in [6.45, 7) is 4.57. The van der Waals surface area contributed by atoms with E-state index in [-0.39, 0.29) is 0 Å². The molecule has 0 radical (unpaired) electrons. The predicted molar refractivity (Wildman–Crippen MR) is 49.4 cm³/mol. The SMILES string of the molecule is CCC1CCC(N)C(CC)C1. The molecule has 1 aliphatic rings. The van der Waals surface area contributed by atoms with Gasteiger partial charge in [0, 0.05) is 6.04 Å². The maximum Gasteiger partial charge on any atom is 0.00672 e. The topological polar surface area (TPSA) is 26.0 Å². The highest BCUT2D eigenvalue weighted by molar-refractivity contribution is 4.80. The minimum Gasteiger partial charge on any atom is -0.327 e. The Labute approximate surface area is 70.4 Å². The van der Waals surface area contributed by atoms with Crippen LogP contribution in [-0.4, -0.2) is 6.04 Å². The molecule has 0 saturated heterocycles. The summed E-state index contributed by atoms with van der Waals surface area (Å²) < 4.78 is 0. The molecule has 1 aliphatic carbocycles. The largest absolute Gasteiger partial charge is 0.327 e. The summed E-state index contributed by atoms with van der Waals surface area (Å²) in [4.78, 5) is 0. The van der Waals surface area contributed by atoms with E-state index in [1.54, 1.807) is 0 Å². The van der Waals surface area contributed by atoms with Crippen molar-refractivity contribution in [1.82, 2.24) is 0 Å². The Morgan fingerprint density at radius 3 is 2.45 bits per heavy atom. The molecule has 3 unspecified atom stereocenters. The summed E-state index contributed by atoms with van der Waals surface area (Å²) in [7, 11) is 0. The van der Waals surface area contributed by atoms with E-state index in [9.17, 15) is 0 Å². The summed E-state index contributed by atoms with van der Waals surface area (Å²) in [6.07, 6.45) is 6.64. The lowest BCUT2D eigenvalue weighted by molar-refractivity contribution is 0.223. The number of rotatable bonds is 2. The summed E-state index contributed by atoms with van der Waals surface area (Å²) in [5.41, 5.74) is 6.01. The highest BCUT2D eigenvalue weighted by atomic mass is 14.7. The monoisotopic (exact) mass is 155 g/mol. The second-order valence-corrected chi connectivity index (χ2v) is 3.92. The Kier molecular flexibility index (Phi) is 3.38. The Morgan fingerprint density at radius 1 is 1.18 bits per heavy atom. The summed E-state index contributed by atoms with van der Waals surface area (Å²) in [6, 6.07) is 0.503. The van der Waals surface area contributed by atoms with Crippen molar-refractivity contribution >= 4 is 0 Å². The number of nitrogens with two attached hydrogens (primary N) is 1. The molecule has 0 aromatic rings. The fourth-order valence-electron chi connectivity index (χ4n) is 2.22. The number of hydrogen-bond acceptors (Lipinski definition) is 1. The van der Waals surface area contributed by atoms with Gasteiger partial charge in [0.25, 0.3) is 0 Å². The lowest BCUT2D eigenvalue weighted by atomic mass is 9.76. The van der Waals surface area contributed by atoms with Gasteiger partial charge in [0.05, 0.1) is 0 Å². The highest BCUT2D eigenvalue weighted by Crippen LogP contribution is 2.31. The molecular weight excluding hydrogens is 134 g/mol. The Hall–Kier alpha value is -0.0400. The Morgan fingerprint density at radius 2 is 1.91 bits per heavy atom. The fourth-order valence-corrected chi connectivity index (χ4v) is 2.22. The van der Waals surface area contributed by atoms with Crippen LogP contribution in [0.3, 0.4) is 0 Å². The van der Waals surface area contributed by atoms with Crippen LogP contribution in [-0.2, 0) is 0 Å². The van der Waals surface area contributed by atoms with Crippen LogP contribution in [0.1, 0.15) is 46.0 Å². The first kappa shape index (κ1) is 9.05. The van der Waals surface area contributed by atoms with E-state index in [1.165, 1.54) is 32.1 Å². The summed E-state index contributed by atoms with van der Waals surface area (Å²) in [5, 5.41) is 0. The van der Waals surface area contributed by atoms with Gasteiger partial charge >= 0.3 is 0 Å². The molecule has 0 spiro atoms. The van der Waals surface area contributed by atoms with Crippen molar-refractivity contribution < 1.29 is 0 Å².